The fourth-order valence-corrected chi connectivity index (χ4v) is 4.23. The molecule has 5 heteroatoms. The summed E-state index contributed by atoms with van der Waals surface area (Å²) in [7, 11) is 0. The highest BCUT2D eigenvalue weighted by Crippen LogP contribution is 2.63. The number of carbonyl (C=O) groups is 1. The predicted molar refractivity (Wildman–Crippen MR) is 96.3 cm³/mol. The number of carbonyl (C=O) groups excluding carboxylic acids is 1. The molecule has 2 aromatic carbocycles. The minimum absolute atomic E-state index is 0.0120. The maximum atomic E-state index is 12.7. The zero-order valence-electron chi connectivity index (χ0n) is 13.7. The van der Waals surface area contributed by atoms with Gasteiger partial charge in [0.15, 0.2) is 0 Å². The summed E-state index contributed by atoms with van der Waals surface area (Å²) in [5.41, 5.74) is 3.56. The van der Waals surface area contributed by atoms with Gasteiger partial charge in [-0.25, -0.2) is 0 Å². The van der Waals surface area contributed by atoms with Gasteiger partial charge in [0.05, 0.1) is 17.3 Å². The number of amides is 1. The number of rotatable bonds is 4. The summed E-state index contributed by atoms with van der Waals surface area (Å²) in [5, 5.41) is 3.14. The largest absolute Gasteiger partial charge is 0.351 e. The number of hydrogen-bond donors (Lipinski definition) is 1. The molecule has 1 aromatic heterocycles. The Labute approximate surface area is 145 Å². The second kappa shape index (κ2) is 5.38. The second-order valence-electron chi connectivity index (χ2n) is 7.13. The Bertz CT molecular complexity index is 903. The third kappa shape index (κ3) is 2.31. The summed E-state index contributed by atoms with van der Waals surface area (Å²) in [4.78, 5) is 12.7. The van der Waals surface area contributed by atoms with Crippen LogP contribution < -0.4 is 5.32 Å². The summed E-state index contributed by atoms with van der Waals surface area (Å²) in [6.45, 7) is 5.16. The molecule has 0 aliphatic heterocycles. The molecule has 1 amide bonds. The van der Waals surface area contributed by atoms with Crippen LogP contribution in [0.1, 0.15) is 36.2 Å². The van der Waals surface area contributed by atoms with Crippen molar-refractivity contribution in [3.63, 3.8) is 0 Å². The van der Waals surface area contributed by atoms with Crippen LogP contribution in [0.15, 0.2) is 48.5 Å². The molecule has 1 N–H and O–H groups in total. The monoisotopic (exact) mass is 337 g/mol. The predicted octanol–water partition coefficient (Wildman–Crippen LogP) is 3.79. The Morgan fingerprint density at radius 1 is 1.12 bits per heavy atom. The quantitative estimate of drug-likeness (QED) is 0.788. The Morgan fingerprint density at radius 3 is 2.58 bits per heavy atom. The van der Waals surface area contributed by atoms with E-state index in [2.05, 4.69) is 52.2 Å². The van der Waals surface area contributed by atoms with Gasteiger partial charge in [-0.05, 0) is 29.5 Å². The maximum absolute atomic E-state index is 12.7. The molecule has 0 saturated heterocycles. The van der Waals surface area contributed by atoms with Gasteiger partial charge in [-0.2, -0.15) is 8.75 Å². The van der Waals surface area contributed by atoms with Crippen LogP contribution >= 0.6 is 11.7 Å². The van der Waals surface area contributed by atoms with Crippen molar-refractivity contribution >= 4 is 28.7 Å². The van der Waals surface area contributed by atoms with Crippen molar-refractivity contribution in [1.82, 2.24) is 14.1 Å². The van der Waals surface area contributed by atoms with Gasteiger partial charge in [0.25, 0.3) is 5.91 Å². The van der Waals surface area contributed by atoms with E-state index < -0.39 is 0 Å². The van der Waals surface area contributed by atoms with Crippen molar-refractivity contribution in [3.8, 4) is 0 Å². The second-order valence-corrected chi connectivity index (χ2v) is 7.66. The number of fused-ring (bicyclic) bond motifs is 1. The minimum Gasteiger partial charge on any atom is -0.351 e. The molecule has 1 fully saturated rings. The van der Waals surface area contributed by atoms with Crippen molar-refractivity contribution in [2.75, 3.05) is 6.54 Å². The van der Waals surface area contributed by atoms with Gasteiger partial charge in [-0.1, -0.05) is 50.2 Å². The molecule has 1 unspecified atom stereocenters. The summed E-state index contributed by atoms with van der Waals surface area (Å²) in [5.74, 6) is -0.0775. The lowest BCUT2D eigenvalue weighted by molar-refractivity contribution is 0.0949. The van der Waals surface area contributed by atoms with Crippen LogP contribution in [0.3, 0.4) is 0 Å². The number of nitrogens with zero attached hydrogens (tertiary/aromatic N) is 2. The molecule has 24 heavy (non-hydrogen) atoms. The van der Waals surface area contributed by atoms with E-state index in [9.17, 15) is 4.79 Å². The highest BCUT2D eigenvalue weighted by Gasteiger charge is 2.61. The van der Waals surface area contributed by atoms with E-state index in [1.54, 1.807) is 0 Å². The van der Waals surface area contributed by atoms with Crippen LogP contribution in [0.2, 0.25) is 0 Å². The fraction of sp³-hybridized carbons (Fsp3) is 0.316. The third-order valence-electron chi connectivity index (χ3n) is 5.32. The van der Waals surface area contributed by atoms with Gasteiger partial charge >= 0.3 is 0 Å². The molecule has 0 radical (unpaired) electrons. The fourth-order valence-electron chi connectivity index (χ4n) is 3.68. The lowest BCUT2D eigenvalue weighted by Gasteiger charge is -2.22. The van der Waals surface area contributed by atoms with Gasteiger partial charge < -0.3 is 5.32 Å². The van der Waals surface area contributed by atoms with E-state index in [-0.39, 0.29) is 16.7 Å². The lowest BCUT2D eigenvalue weighted by atomic mass is 9.87. The van der Waals surface area contributed by atoms with Gasteiger partial charge in [0.1, 0.15) is 11.0 Å². The van der Waals surface area contributed by atoms with Gasteiger partial charge in [-0.15, -0.1) is 0 Å². The van der Waals surface area contributed by atoms with Crippen LogP contribution in [0.25, 0.3) is 11.0 Å². The molecule has 122 valence electrons. The normalized spacial score (nSPS) is 21.6. The van der Waals surface area contributed by atoms with Crippen molar-refractivity contribution < 1.29 is 4.79 Å². The zero-order valence-corrected chi connectivity index (χ0v) is 14.6. The molecule has 0 spiro atoms. The summed E-state index contributed by atoms with van der Waals surface area (Å²) in [6, 6.07) is 16.0. The van der Waals surface area contributed by atoms with E-state index >= 15 is 0 Å². The minimum atomic E-state index is -0.0775. The van der Waals surface area contributed by atoms with Crippen LogP contribution in [0, 0.1) is 5.41 Å². The topological polar surface area (TPSA) is 54.9 Å². The molecule has 1 atom stereocenters. The first-order chi connectivity index (χ1) is 11.5. The average Bonchev–Trinajstić information content (AvgIpc) is 2.95. The van der Waals surface area contributed by atoms with E-state index in [1.165, 1.54) is 5.56 Å². The number of hydrogen-bond acceptors (Lipinski definition) is 4. The van der Waals surface area contributed by atoms with Crippen molar-refractivity contribution in [3.05, 3.63) is 59.7 Å². The maximum Gasteiger partial charge on any atom is 0.253 e. The molecule has 4 nitrogen and oxygen atoms in total. The van der Waals surface area contributed by atoms with Crippen LogP contribution in [0.4, 0.5) is 0 Å². The molecule has 1 aliphatic carbocycles. The van der Waals surface area contributed by atoms with Gasteiger partial charge in [-0.3, -0.25) is 4.79 Å². The van der Waals surface area contributed by atoms with E-state index in [0.29, 0.717) is 17.6 Å². The van der Waals surface area contributed by atoms with Crippen molar-refractivity contribution in [2.24, 2.45) is 5.41 Å². The van der Waals surface area contributed by atoms with E-state index in [0.717, 1.165) is 23.7 Å². The molecular formula is C19H19N3OS. The highest BCUT2D eigenvalue weighted by atomic mass is 32.1. The number of nitrogens with one attached hydrogen (secondary N) is 1. The van der Waals surface area contributed by atoms with Gasteiger partial charge in [0.2, 0.25) is 0 Å². The molecular weight excluding hydrogens is 318 g/mol. The SMILES string of the molecule is CC1(C)CC1(CNC(=O)c1cccc2nsnc12)c1ccccc1. The standard InChI is InChI=1S/C19H19N3OS/c1-18(2)11-19(18,13-7-4-3-5-8-13)12-20-17(23)14-9-6-10-15-16(14)22-24-21-15/h3-10H,11-12H2,1-2H3,(H,20,23). The Kier molecular flexibility index (Phi) is 3.42. The first-order valence-corrected chi connectivity index (χ1v) is 8.82. The number of aromatic nitrogens is 2. The van der Waals surface area contributed by atoms with Crippen molar-refractivity contribution in [1.29, 1.82) is 0 Å². The molecule has 4 rings (SSSR count). The smallest absolute Gasteiger partial charge is 0.253 e. The Hall–Kier alpha value is -2.27. The average molecular weight is 337 g/mol. The molecule has 1 heterocycles. The van der Waals surface area contributed by atoms with E-state index in [1.807, 2.05) is 24.3 Å². The molecule has 0 bridgehead atoms. The Morgan fingerprint density at radius 2 is 1.88 bits per heavy atom. The lowest BCUT2D eigenvalue weighted by Crippen LogP contribution is -2.34. The highest BCUT2D eigenvalue weighted by molar-refractivity contribution is 7.00. The first kappa shape index (κ1) is 15.3. The van der Waals surface area contributed by atoms with Crippen LogP contribution in [-0.2, 0) is 5.41 Å². The summed E-state index contributed by atoms with van der Waals surface area (Å²) < 4.78 is 8.46. The van der Waals surface area contributed by atoms with Crippen LogP contribution in [-0.4, -0.2) is 21.2 Å². The molecule has 3 aromatic rings. The van der Waals surface area contributed by atoms with Crippen LogP contribution in [0.5, 0.6) is 0 Å². The first-order valence-electron chi connectivity index (χ1n) is 8.09. The summed E-state index contributed by atoms with van der Waals surface area (Å²) >= 11 is 1.14. The Balaban J connectivity index is 1.58. The zero-order chi connectivity index (χ0) is 16.8. The number of benzene rings is 2. The molecule has 1 aliphatic rings. The van der Waals surface area contributed by atoms with E-state index in [4.69, 9.17) is 0 Å². The molecule has 1 saturated carbocycles. The third-order valence-corrected chi connectivity index (χ3v) is 5.86. The van der Waals surface area contributed by atoms with Crippen molar-refractivity contribution in [2.45, 2.75) is 25.7 Å². The summed E-state index contributed by atoms with van der Waals surface area (Å²) in [6.07, 6.45) is 1.08. The van der Waals surface area contributed by atoms with Gasteiger partial charge in [0, 0.05) is 12.0 Å².